The molecule has 0 unspecified atom stereocenters. The Balaban J connectivity index is 2.15. The summed E-state index contributed by atoms with van der Waals surface area (Å²) < 4.78 is 5.79. The second-order valence-electron chi connectivity index (χ2n) is 4.61. The monoisotopic (exact) mass is 408 g/mol. The van der Waals surface area contributed by atoms with Gasteiger partial charge in [-0.15, -0.1) is 0 Å². The Morgan fingerprint density at radius 1 is 1.21 bits per heavy atom. The molecule has 3 N–H and O–H groups in total. The number of hydrogen-bond donors (Lipinski definition) is 3. The third kappa shape index (κ3) is 4.30. The number of nitrogens with one attached hydrogen (secondary N) is 2. The number of thiocarbonyl (C=S) groups is 1. The number of amides is 1. The zero-order valence-corrected chi connectivity index (χ0v) is 14.9. The minimum Gasteiger partial charge on any atom is -0.495 e. The summed E-state index contributed by atoms with van der Waals surface area (Å²) in [6.07, 6.45) is 0. The van der Waals surface area contributed by atoms with Crippen molar-refractivity contribution < 1.29 is 19.4 Å². The highest BCUT2D eigenvalue weighted by molar-refractivity contribution is 9.10. The minimum atomic E-state index is -1.08. The number of ether oxygens (including phenoxy) is 1. The van der Waals surface area contributed by atoms with E-state index in [0.29, 0.717) is 21.5 Å². The second-order valence-corrected chi connectivity index (χ2v) is 5.87. The summed E-state index contributed by atoms with van der Waals surface area (Å²) in [6, 6.07) is 11.2. The van der Waals surface area contributed by atoms with Crippen LogP contribution < -0.4 is 15.4 Å². The first-order valence-corrected chi connectivity index (χ1v) is 7.90. The maximum absolute atomic E-state index is 12.2. The van der Waals surface area contributed by atoms with Crippen LogP contribution in [0.25, 0.3) is 0 Å². The molecule has 0 saturated heterocycles. The topological polar surface area (TPSA) is 87.7 Å². The standard InChI is InChI=1S/C16H13BrN2O4S/c1-23-13-7-6-9(15(21)22)8-12(13)18-16(24)19-14(20)10-4-2-3-5-11(10)17/h2-8H,1H3,(H,21,22)(H2,18,19,20,24). The summed E-state index contributed by atoms with van der Waals surface area (Å²) >= 11 is 8.40. The number of aromatic carboxylic acids is 1. The van der Waals surface area contributed by atoms with Crippen LogP contribution in [0, 0.1) is 0 Å². The van der Waals surface area contributed by atoms with E-state index >= 15 is 0 Å². The number of benzene rings is 2. The van der Waals surface area contributed by atoms with Gasteiger partial charge >= 0.3 is 5.97 Å². The Morgan fingerprint density at radius 3 is 2.54 bits per heavy atom. The molecule has 2 rings (SSSR count). The van der Waals surface area contributed by atoms with Gasteiger partial charge in [-0.2, -0.15) is 0 Å². The van der Waals surface area contributed by atoms with Crippen LogP contribution in [0.3, 0.4) is 0 Å². The first-order chi connectivity index (χ1) is 11.4. The van der Waals surface area contributed by atoms with E-state index < -0.39 is 11.9 Å². The molecule has 2 aromatic carbocycles. The lowest BCUT2D eigenvalue weighted by atomic mass is 10.2. The van der Waals surface area contributed by atoms with Gasteiger partial charge in [-0.3, -0.25) is 10.1 Å². The normalized spacial score (nSPS) is 9.92. The van der Waals surface area contributed by atoms with E-state index in [1.165, 1.54) is 25.3 Å². The van der Waals surface area contributed by atoms with Crippen molar-refractivity contribution in [2.45, 2.75) is 0 Å². The van der Waals surface area contributed by atoms with Gasteiger partial charge in [0, 0.05) is 4.47 Å². The quantitative estimate of drug-likeness (QED) is 0.672. The van der Waals surface area contributed by atoms with Gasteiger partial charge in [0.1, 0.15) is 5.75 Å². The molecule has 1 amide bonds. The van der Waals surface area contributed by atoms with Crippen LogP contribution in [0.15, 0.2) is 46.9 Å². The van der Waals surface area contributed by atoms with Crippen molar-refractivity contribution in [3.63, 3.8) is 0 Å². The van der Waals surface area contributed by atoms with Crippen molar-refractivity contribution in [2.75, 3.05) is 12.4 Å². The van der Waals surface area contributed by atoms with Crippen LogP contribution >= 0.6 is 28.1 Å². The number of carbonyl (C=O) groups is 2. The number of carboxylic acids is 1. The van der Waals surface area contributed by atoms with Crippen LogP contribution in [0.1, 0.15) is 20.7 Å². The second kappa shape index (κ2) is 7.89. The summed E-state index contributed by atoms with van der Waals surface area (Å²) in [5, 5.41) is 14.4. The molecule has 124 valence electrons. The Hall–Kier alpha value is -2.45. The van der Waals surface area contributed by atoms with Crippen LogP contribution in [0.5, 0.6) is 5.75 Å². The lowest BCUT2D eigenvalue weighted by Crippen LogP contribution is -2.34. The third-order valence-electron chi connectivity index (χ3n) is 3.04. The average Bonchev–Trinajstić information content (AvgIpc) is 2.54. The summed E-state index contributed by atoms with van der Waals surface area (Å²) in [6.45, 7) is 0. The fourth-order valence-corrected chi connectivity index (χ4v) is 2.58. The summed E-state index contributed by atoms with van der Waals surface area (Å²) in [7, 11) is 1.45. The lowest BCUT2D eigenvalue weighted by molar-refractivity contribution is 0.0696. The van der Waals surface area contributed by atoms with Gasteiger partial charge in [-0.1, -0.05) is 12.1 Å². The van der Waals surface area contributed by atoms with Gasteiger partial charge in [0.05, 0.1) is 23.9 Å². The molecular weight excluding hydrogens is 396 g/mol. The van der Waals surface area contributed by atoms with E-state index in [0.717, 1.165) is 0 Å². The van der Waals surface area contributed by atoms with E-state index in [1.807, 2.05) is 0 Å². The molecule has 0 saturated carbocycles. The zero-order valence-electron chi connectivity index (χ0n) is 12.5. The van der Waals surface area contributed by atoms with Crippen molar-refractivity contribution >= 4 is 50.8 Å². The van der Waals surface area contributed by atoms with Crippen molar-refractivity contribution in [3.05, 3.63) is 58.1 Å². The van der Waals surface area contributed by atoms with Crippen LogP contribution in [-0.4, -0.2) is 29.2 Å². The largest absolute Gasteiger partial charge is 0.495 e. The molecule has 0 bridgehead atoms. The highest BCUT2D eigenvalue weighted by Gasteiger charge is 2.14. The molecule has 0 aliphatic carbocycles. The van der Waals surface area contributed by atoms with Crippen molar-refractivity contribution in [3.8, 4) is 5.75 Å². The maximum atomic E-state index is 12.2. The Morgan fingerprint density at radius 2 is 1.92 bits per heavy atom. The fraction of sp³-hybridized carbons (Fsp3) is 0.0625. The summed E-state index contributed by atoms with van der Waals surface area (Å²) in [4.78, 5) is 23.3. The molecule has 0 fully saturated rings. The average molecular weight is 409 g/mol. The number of halogens is 1. The van der Waals surface area contributed by atoms with E-state index in [2.05, 4.69) is 26.6 Å². The highest BCUT2D eigenvalue weighted by atomic mass is 79.9. The number of carboxylic acid groups (broad SMARTS) is 1. The molecule has 0 aliphatic rings. The lowest BCUT2D eigenvalue weighted by Gasteiger charge is -2.13. The molecule has 0 heterocycles. The number of rotatable bonds is 4. The van der Waals surface area contributed by atoms with E-state index in [9.17, 15) is 9.59 Å². The first kappa shape index (κ1) is 17.9. The van der Waals surface area contributed by atoms with Gasteiger partial charge in [0.25, 0.3) is 5.91 Å². The van der Waals surface area contributed by atoms with Crippen LogP contribution in [0.2, 0.25) is 0 Å². The van der Waals surface area contributed by atoms with Gasteiger partial charge in [-0.05, 0) is 58.5 Å². The molecule has 6 nitrogen and oxygen atoms in total. The predicted molar refractivity (Wildman–Crippen MR) is 97.8 cm³/mol. The molecule has 2 aromatic rings. The Bertz CT molecular complexity index is 810. The molecule has 0 aromatic heterocycles. The van der Waals surface area contributed by atoms with E-state index in [1.54, 1.807) is 24.3 Å². The van der Waals surface area contributed by atoms with E-state index in [4.69, 9.17) is 22.1 Å². The Kier molecular flexibility index (Phi) is 5.88. The van der Waals surface area contributed by atoms with Gasteiger partial charge in [0.15, 0.2) is 5.11 Å². The van der Waals surface area contributed by atoms with E-state index in [-0.39, 0.29) is 10.7 Å². The number of methoxy groups -OCH3 is 1. The van der Waals surface area contributed by atoms with Crippen molar-refractivity contribution in [2.24, 2.45) is 0 Å². The number of anilines is 1. The molecule has 8 heteroatoms. The smallest absolute Gasteiger partial charge is 0.335 e. The minimum absolute atomic E-state index is 0.0246. The molecule has 0 radical (unpaired) electrons. The summed E-state index contributed by atoms with van der Waals surface area (Å²) in [5.41, 5.74) is 0.834. The molecule has 0 atom stereocenters. The number of carbonyl (C=O) groups excluding carboxylic acids is 1. The van der Waals surface area contributed by atoms with Gasteiger partial charge in [-0.25, -0.2) is 4.79 Å². The first-order valence-electron chi connectivity index (χ1n) is 6.70. The van der Waals surface area contributed by atoms with Crippen LogP contribution in [0.4, 0.5) is 5.69 Å². The number of hydrogen-bond acceptors (Lipinski definition) is 4. The fourth-order valence-electron chi connectivity index (χ4n) is 1.91. The van der Waals surface area contributed by atoms with Crippen molar-refractivity contribution in [1.82, 2.24) is 5.32 Å². The van der Waals surface area contributed by atoms with Crippen molar-refractivity contribution in [1.29, 1.82) is 0 Å². The molecule has 24 heavy (non-hydrogen) atoms. The summed E-state index contributed by atoms with van der Waals surface area (Å²) in [5.74, 6) is -1.07. The molecular formula is C16H13BrN2O4S. The maximum Gasteiger partial charge on any atom is 0.335 e. The predicted octanol–water partition coefficient (Wildman–Crippen LogP) is 3.28. The zero-order chi connectivity index (χ0) is 17.7. The van der Waals surface area contributed by atoms with Crippen LogP contribution in [-0.2, 0) is 0 Å². The highest BCUT2D eigenvalue weighted by Crippen LogP contribution is 2.25. The molecule has 0 spiro atoms. The SMILES string of the molecule is COc1ccc(C(=O)O)cc1NC(=S)NC(=O)c1ccccc1Br. The van der Waals surface area contributed by atoms with Gasteiger partial charge in [0.2, 0.25) is 0 Å². The Labute approximate surface area is 152 Å². The molecule has 0 aliphatic heterocycles. The third-order valence-corrected chi connectivity index (χ3v) is 3.94. The van der Waals surface area contributed by atoms with Gasteiger partial charge < -0.3 is 15.2 Å².